The maximum atomic E-state index is 5.80. The minimum atomic E-state index is 0.678. The second-order valence-corrected chi connectivity index (χ2v) is 5.94. The van der Waals surface area contributed by atoms with E-state index in [1.807, 2.05) is 12.1 Å². The molecule has 14 heavy (non-hydrogen) atoms. The van der Waals surface area contributed by atoms with Gasteiger partial charge in [-0.25, -0.2) is 0 Å². The summed E-state index contributed by atoms with van der Waals surface area (Å²) in [5.41, 5.74) is 0. The molecule has 0 bridgehead atoms. The quantitative estimate of drug-likeness (QED) is 0.833. The number of hydrogen-bond acceptors (Lipinski definition) is 5. The van der Waals surface area contributed by atoms with Gasteiger partial charge in [0, 0.05) is 4.88 Å². The van der Waals surface area contributed by atoms with Crippen molar-refractivity contribution in [2.45, 2.75) is 6.54 Å². The Bertz CT molecular complexity index is 472. The topological polar surface area (TPSA) is 40.7 Å². The van der Waals surface area contributed by atoms with Gasteiger partial charge in [-0.1, -0.05) is 22.9 Å². The van der Waals surface area contributed by atoms with Crippen molar-refractivity contribution in [1.82, 2.24) is 10.2 Å². The van der Waals surface area contributed by atoms with Crippen molar-refractivity contribution in [1.29, 1.82) is 0 Å². The van der Waals surface area contributed by atoms with E-state index >= 15 is 0 Å². The Morgan fingerprint density at radius 2 is 2.36 bits per heavy atom. The van der Waals surface area contributed by atoms with Crippen LogP contribution in [0.4, 0.5) is 5.13 Å². The molecule has 0 saturated heterocycles. The van der Waals surface area contributed by atoms with Crippen LogP contribution >= 0.6 is 46.5 Å². The molecular formula is C7H6ClN3S3. The van der Waals surface area contributed by atoms with E-state index in [9.17, 15) is 0 Å². The number of anilines is 1. The Hall–Kier alpha value is -0.430. The minimum absolute atomic E-state index is 0.678. The molecule has 2 heterocycles. The number of aromatic nitrogens is 2. The average Bonchev–Trinajstić information content (AvgIpc) is 2.72. The first-order valence-electron chi connectivity index (χ1n) is 3.77. The molecule has 0 aliphatic rings. The predicted octanol–water partition coefficient (Wildman–Crippen LogP) is 3.53. The summed E-state index contributed by atoms with van der Waals surface area (Å²) < 4.78 is 1.48. The third kappa shape index (κ3) is 2.54. The minimum Gasteiger partial charge on any atom is -0.355 e. The lowest BCUT2D eigenvalue weighted by Crippen LogP contribution is -1.96. The molecule has 2 aromatic rings. The summed E-state index contributed by atoms with van der Waals surface area (Å²) in [5, 5.41) is 10.7. The summed E-state index contributed by atoms with van der Waals surface area (Å²) in [5.74, 6) is 0. The zero-order valence-corrected chi connectivity index (χ0v) is 10.1. The van der Waals surface area contributed by atoms with E-state index in [1.165, 1.54) is 16.2 Å². The molecular weight excluding hydrogens is 258 g/mol. The normalized spacial score (nSPS) is 10.4. The van der Waals surface area contributed by atoms with Crippen molar-refractivity contribution < 1.29 is 0 Å². The van der Waals surface area contributed by atoms with E-state index in [0.717, 1.165) is 16.0 Å². The number of nitrogens with zero attached hydrogens (tertiary/aromatic N) is 1. The number of rotatable bonds is 3. The molecule has 7 heteroatoms. The highest BCUT2D eigenvalue weighted by molar-refractivity contribution is 7.73. The smallest absolute Gasteiger partial charge is 0.204 e. The van der Waals surface area contributed by atoms with Gasteiger partial charge in [0.25, 0.3) is 0 Å². The predicted molar refractivity (Wildman–Crippen MR) is 64.0 cm³/mol. The van der Waals surface area contributed by atoms with Crippen molar-refractivity contribution in [3.8, 4) is 0 Å². The summed E-state index contributed by atoms with van der Waals surface area (Å²) in [6.45, 7) is 0.730. The van der Waals surface area contributed by atoms with Crippen LogP contribution in [0.3, 0.4) is 0 Å². The van der Waals surface area contributed by atoms with Crippen LogP contribution in [0.25, 0.3) is 0 Å². The van der Waals surface area contributed by atoms with Gasteiger partial charge in [-0.05, 0) is 24.4 Å². The molecule has 0 amide bonds. The fourth-order valence-corrected chi connectivity index (χ4v) is 2.73. The van der Waals surface area contributed by atoms with Gasteiger partial charge in [0.05, 0.1) is 10.9 Å². The standard InChI is InChI=1S/C7H6ClN3S3/c8-5-2-1-4(13-5)3-9-6-10-11-7(12)14-6/h1-2H,3H2,(H,9,10)(H,11,12). The number of aromatic amines is 1. The first-order valence-corrected chi connectivity index (χ1v) is 6.19. The molecule has 0 aliphatic heterocycles. The zero-order chi connectivity index (χ0) is 9.97. The van der Waals surface area contributed by atoms with Crippen LogP contribution in [-0.4, -0.2) is 10.2 Å². The van der Waals surface area contributed by atoms with Gasteiger partial charge in [0.2, 0.25) is 5.13 Å². The van der Waals surface area contributed by atoms with E-state index in [1.54, 1.807) is 11.3 Å². The lowest BCUT2D eigenvalue weighted by Gasteiger charge is -1.97. The molecule has 3 nitrogen and oxygen atoms in total. The number of nitrogens with one attached hydrogen (secondary N) is 2. The van der Waals surface area contributed by atoms with Crippen LogP contribution < -0.4 is 5.32 Å². The Labute approximate surface area is 98.8 Å². The first kappa shape index (κ1) is 10.1. The Kier molecular flexibility index (Phi) is 3.17. The van der Waals surface area contributed by atoms with Crippen LogP contribution in [0, 0.1) is 3.95 Å². The fourth-order valence-electron chi connectivity index (χ4n) is 0.915. The monoisotopic (exact) mass is 263 g/mol. The van der Waals surface area contributed by atoms with E-state index in [-0.39, 0.29) is 0 Å². The Morgan fingerprint density at radius 3 is 2.93 bits per heavy atom. The molecule has 2 aromatic heterocycles. The molecule has 0 aromatic carbocycles. The lowest BCUT2D eigenvalue weighted by atomic mass is 10.5. The number of halogens is 1. The number of H-pyrrole nitrogens is 1. The van der Waals surface area contributed by atoms with Crippen LogP contribution in [0.1, 0.15) is 4.88 Å². The van der Waals surface area contributed by atoms with E-state index < -0.39 is 0 Å². The van der Waals surface area contributed by atoms with Gasteiger partial charge >= 0.3 is 0 Å². The van der Waals surface area contributed by atoms with E-state index in [2.05, 4.69) is 15.5 Å². The zero-order valence-electron chi connectivity index (χ0n) is 6.91. The first-order chi connectivity index (χ1) is 6.74. The molecule has 0 unspecified atom stereocenters. The van der Waals surface area contributed by atoms with E-state index in [0.29, 0.717) is 3.95 Å². The van der Waals surface area contributed by atoms with Crippen molar-refractivity contribution in [3.63, 3.8) is 0 Å². The third-order valence-electron chi connectivity index (χ3n) is 1.48. The average molecular weight is 264 g/mol. The lowest BCUT2D eigenvalue weighted by molar-refractivity contribution is 1.05. The number of hydrogen-bond donors (Lipinski definition) is 2. The third-order valence-corrected chi connectivity index (χ3v) is 3.76. The SMILES string of the molecule is S=c1[nH]nc(NCc2ccc(Cl)s2)s1. The van der Waals surface area contributed by atoms with Gasteiger partial charge in [0.15, 0.2) is 3.95 Å². The molecule has 0 spiro atoms. The van der Waals surface area contributed by atoms with Crippen molar-refractivity contribution in [2.75, 3.05) is 5.32 Å². The highest BCUT2D eigenvalue weighted by Gasteiger charge is 1.99. The summed E-state index contributed by atoms with van der Waals surface area (Å²) in [6, 6.07) is 3.88. The maximum Gasteiger partial charge on any atom is 0.204 e. The summed E-state index contributed by atoms with van der Waals surface area (Å²) in [4.78, 5) is 1.18. The van der Waals surface area contributed by atoms with E-state index in [4.69, 9.17) is 23.8 Å². The Morgan fingerprint density at radius 1 is 1.50 bits per heavy atom. The summed E-state index contributed by atoms with van der Waals surface area (Å²) >= 11 is 13.7. The van der Waals surface area contributed by atoms with Gasteiger partial charge < -0.3 is 5.32 Å². The highest BCUT2D eigenvalue weighted by atomic mass is 35.5. The fraction of sp³-hybridized carbons (Fsp3) is 0.143. The second-order valence-electron chi connectivity index (χ2n) is 2.48. The van der Waals surface area contributed by atoms with Crippen molar-refractivity contribution >= 4 is 51.6 Å². The molecule has 2 N–H and O–H groups in total. The van der Waals surface area contributed by atoms with Crippen LogP contribution in [0.5, 0.6) is 0 Å². The van der Waals surface area contributed by atoms with Crippen LogP contribution in [-0.2, 0) is 6.54 Å². The highest BCUT2D eigenvalue weighted by Crippen LogP contribution is 2.22. The molecule has 0 radical (unpaired) electrons. The molecule has 0 saturated carbocycles. The van der Waals surface area contributed by atoms with Crippen LogP contribution in [0.2, 0.25) is 4.34 Å². The van der Waals surface area contributed by atoms with Gasteiger partial charge in [-0.2, -0.15) is 0 Å². The molecule has 0 fully saturated rings. The Balaban J connectivity index is 1.98. The number of thiophene rings is 1. The maximum absolute atomic E-state index is 5.80. The van der Waals surface area contributed by atoms with Crippen molar-refractivity contribution in [2.24, 2.45) is 0 Å². The second kappa shape index (κ2) is 4.39. The summed E-state index contributed by atoms with van der Waals surface area (Å²) in [7, 11) is 0. The van der Waals surface area contributed by atoms with Gasteiger partial charge in [-0.15, -0.1) is 16.4 Å². The molecule has 0 aliphatic carbocycles. The summed E-state index contributed by atoms with van der Waals surface area (Å²) in [6.07, 6.45) is 0. The van der Waals surface area contributed by atoms with Gasteiger partial charge in [-0.3, -0.25) is 5.10 Å². The van der Waals surface area contributed by atoms with Crippen LogP contribution in [0.15, 0.2) is 12.1 Å². The van der Waals surface area contributed by atoms with Crippen molar-refractivity contribution in [3.05, 3.63) is 25.3 Å². The molecule has 2 rings (SSSR count). The molecule has 0 atom stereocenters. The largest absolute Gasteiger partial charge is 0.355 e. The van der Waals surface area contributed by atoms with Gasteiger partial charge in [0.1, 0.15) is 0 Å². The molecule has 74 valence electrons.